The molecule has 2 atom stereocenters. The van der Waals surface area contributed by atoms with Crippen LogP contribution in [0.4, 0.5) is 5.13 Å². The average molecular weight is 485 g/mol. The number of aromatic carboxylic acids is 1. The quantitative estimate of drug-likeness (QED) is 0.382. The molecule has 0 unspecified atom stereocenters. The Labute approximate surface area is 193 Å². The van der Waals surface area contributed by atoms with Crippen LogP contribution in [0.5, 0.6) is 0 Å². The van der Waals surface area contributed by atoms with E-state index >= 15 is 0 Å². The van der Waals surface area contributed by atoms with Crippen molar-refractivity contribution < 1.29 is 24.3 Å². The SMILES string of the molecule is CCc1[nH]c(C(=O)N[C@H]2CCN(c3nc(C(=O)O)c(/C(C)=N/OC)s3)C[C@H]2OC)nc1Cl. The molecule has 1 aliphatic heterocycles. The van der Waals surface area contributed by atoms with Gasteiger partial charge in [-0.3, -0.25) is 4.79 Å². The van der Waals surface area contributed by atoms with Crippen molar-refractivity contribution in [3.05, 3.63) is 27.2 Å². The van der Waals surface area contributed by atoms with E-state index in [0.29, 0.717) is 47.3 Å². The standard InChI is InChI=1S/C19H25ClN6O5S/c1-5-10-15(20)24-16(21-10)17(27)22-11-6-7-26(8-12(11)30-3)19-23-13(18(28)29)14(32-19)9(2)25-31-4/h11-12H,5-8H2,1-4H3,(H,21,24)(H,22,27)(H,28,29)/b25-9+/t11-,12+/m0/s1. The summed E-state index contributed by atoms with van der Waals surface area (Å²) in [4.78, 5) is 42.7. The molecule has 2 aromatic rings. The summed E-state index contributed by atoms with van der Waals surface area (Å²) >= 11 is 7.26. The molecule has 0 bridgehead atoms. The average Bonchev–Trinajstić information content (AvgIpc) is 3.38. The van der Waals surface area contributed by atoms with E-state index in [2.05, 4.69) is 25.4 Å². The number of rotatable bonds is 8. The highest BCUT2D eigenvalue weighted by Gasteiger charge is 2.33. The summed E-state index contributed by atoms with van der Waals surface area (Å²) in [6.45, 7) is 4.56. The number of hydrogen-bond donors (Lipinski definition) is 3. The number of piperidine rings is 1. The minimum atomic E-state index is -1.14. The molecule has 1 amide bonds. The molecule has 32 heavy (non-hydrogen) atoms. The predicted molar refractivity (Wildman–Crippen MR) is 120 cm³/mol. The van der Waals surface area contributed by atoms with Gasteiger partial charge < -0.3 is 29.9 Å². The lowest BCUT2D eigenvalue weighted by Gasteiger charge is -2.37. The number of hydrogen-bond acceptors (Lipinski definition) is 9. The summed E-state index contributed by atoms with van der Waals surface area (Å²) in [5.41, 5.74) is 1.06. The highest BCUT2D eigenvalue weighted by molar-refractivity contribution is 7.17. The fourth-order valence-corrected chi connectivity index (χ4v) is 4.77. The third-order valence-electron chi connectivity index (χ3n) is 5.12. The van der Waals surface area contributed by atoms with Gasteiger partial charge in [-0.15, -0.1) is 0 Å². The van der Waals surface area contributed by atoms with E-state index in [4.69, 9.17) is 21.2 Å². The monoisotopic (exact) mass is 484 g/mol. The number of aromatic amines is 1. The first-order valence-electron chi connectivity index (χ1n) is 9.94. The number of halogens is 1. The van der Waals surface area contributed by atoms with Crippen molar-refractivity contribution in [2.45, 2.75) is 38.8 Å². The van der Waals surface area contributed by atoms with Gasteiger partial charge in [0.1, 0.15) is 7.11 Å². The van der Waals surface area contributed by atoms with Gasteiger partial charge >= 0.3 is 5.97 Å². The molecule has 0 radical (unpaired) electrons. The van der Waals surface area contributed by atoms with Gasteiger partial charge in [-0.25, -0.2) is 14.8 Å². The Kier molecular flexibility index (Phi) is 7.69. The molecular formula is C19H25ClN6O5S. The molecule has 1 aliphatic rings. The Morgan fingerprint density at radius 2 is 2.16 bits per heavy atom. The molecule has 3 rings (SSSR count). The second-order valence-corrected chi connectivity index (χ2v) is 8.47. The van der Waals surface area contributed by atoms with Crippen LogP contribution in [0.25, 0.3) is 0 Å². The van der Waals surface area contributed by atoms with E-state index in [1.54, 1.807) is 14.0 Å². The molecule has 174 valence electrons. The second kappa shape index (κ2) is 10.3. The summed E-state index contributed by atoms with van der Waals surface area (Å²) < 4.78 is 5.62. The van der Waals surface area contributed by atoms with Crippen molar-refractivity contribution in [3.63, 3.8) is 0 Å². The zero-order chi connectivity index (χ0) is 23.4. The van der Waals surface area contributed by atoms with Gasteiger partial charge in [0.25, 0.3) is 5.91 Å². The number of aromatic nitrogens is 3. The minimum Gasteiger partial charge on any atom is -0.476 e. The number of carboxylic acids is 1. The first-order valence-corrected chi connectivity index (χ1v) is 11.1. The van der Waals surface area contributed by atoms with Crippen LogP contribution in [-0.2, 0) is 16.0 Å². The Morgan fingerprint density at radius 1 is 1.41 bits per heavy atom. The van der Waals surface area contributed by atoms with E-state index in [-0.39, 0.29) is 34.7 Å². The maximum Gasteiger partial charge on any atom is 0.356 e. The summed E-state index contributed by atoms with van der Waals surface area (Å²) in [7, 11) is 2.96. The molecule has 1 fully saturated rings. The Hall–Kier alpha value is -2.70. The number of nitrogens with one attached hydrogen (secondary N) is 2. The van der Waals surface area contributed by atoms with Gasteiger partial charge in [-0.1, -0.05) is 35.0 Å². The fourth-order valence-electron chi connectivity index (χ4n) is 3.47. The molecule has 3 N–H and O–H groups in total. The number of carboxylic acid groups (broad SMARTS) is 1. The zero-order valence-electron chi connectivity index (χ0n) is 18.1. The van der Waals surface area contributed by atoms with Crippen LogP contribution in [0.3, 0.4) is 0 Å². The highest BCUT2D eigenvalue weighted by Crippen LogP contribution is 2.30. The molecule has 0 aromatic carbocycles. The molecule has 0 aliphatic carbocycles. The maximum absolute atomic E-state index is 12.6. The lowest BCUT2D eigenvalue weighted by atomic mass is 10.0. The topological polar surface area (TPSA) is 142 Å². The Balaban J connectivity index is 1.74. The molecule has 0 saturated carbocycles. The van der Waals surface area contributed by atoms with E-state index < -0.39 is 5.97 Å². The van der Waals surface area contributed by atoms with Crippen LogP contribution in [0.15, 0.2) is 5.16 Å². The third kappa shape index (κ3) is 5.03. The first kappa shape index (κ1) is 24.0. The van der Waals surface area contributed by atoms with Crippen LogP contribution in [-0.4, -0.2) is 77.1 Å². The number of H-pyrrole nitrogens is 1. The lowest BCUT2D eigenvalue weighted by molar-refractivity contribution is 0.0538. The van der Waals surface area contributed by atoms with Crippen LogP contribution in [0.1, 0.15) is 51.9 Å². The van der Waals surface area contributed by atoms with E-state index in [1.807, 2.05) is 11.8 Å². The number of nitrogens with zero attached hydrogens (tertiary/aromatic N) is 4. The third-order valence-corrected chi connectivity index (χ3v) is 6.66. The van der Waals surface area contributed by atoms with Crippen LogP contribution in [0.2, 0.25) is 5.15 Å². The Morgan fingerprint density at radius 3 is 2.75 bits per heavy atom. The van der Waals surface area contributed by atoms with Gasteiger partial charge in [0.15, 0.2) is 21.8 Å². The number of aryl methyl sites for hydroxylation is 1. The number of anilines is 1. The fraction of sp³-hybridized carbons (Fsp3) is 0.526. The van der Waals surface area contributed by atoms with Crippen LogP contribution < -0.4 is 10.2 Å². The van der Waals surface area contributed by atoms with Crippen molar-refractivity contribution in [1.29, 1.82) is 0 Å². The van der Waals surface area contributed by atoms with Crippen molar-refractivity contribution in [2.75, 3.05) is 32.2 Å². The molecule has 1 saturated heterocycles. The van der Waals surface area contributed by atoms with Crippen molar-refractivity contribution in [3.8, 4) is 0 Å². The van der Waals surface area contributed by atoms with Gasteiger partial charge in [0.05, 0.1) is 28.4 Å². The van der Waals surface area contributed by atoms with Gasteiger partial charge in [0.2, 0.25) is 0 Å². The number of carbonyl (C=O) groups excluding carboxylic acids is 1. The largest absolute Gasteiger partial charge is 0.476 e. The summed E-state index contributed by atoms with van der Waals surface area (Å²) in [5, 5.41) is 17.1. The molecule has 13 heteroatoms. The van der Waals surface area contributed by atoms with E-state index in [9.17, 15) is 14.7 Å². The number of methoxy groups -OCH3 is 1. The number of thiazole rings is 1. The molecule has 0 spiro atoms. The number of imidazole rings is 1. The lowest BCUT2D eigenvalue weighted by Crippen LogP contribution is -2.55. The van der Waals surface area contributed by atoms with Crippen LogP contribution in [0, 0.1) is 0 Å². The van der Waals surface area contributed by atoms with E-state index in [0.717, 1.165) is 0 Å². The van der Waals surface area contributed by atoms with E-state index in [1.165, 1.54) is 18.4 Å². The van der Waals surface area contributed by atoms with Crippen molar-refractivity contribution in [1.82, 2.24) is 20.3 Å². The first-order chi connectivity index (χ1) is 15.3. The number of carbonyl (C=O) groups is 2. The number of oxime groups is 1. The summed E-state index contributed by atoms with van der Waals surface area (Å²) in [6, 6.07) is -0.257. The number of ether oxygens (including phenoxy) is 1. The summed E-state index contributed by atoms with van der Waals surface area (Å²) in [5.74, 6) is -1.34. The second-order valence-electron chi connectivity index (χ2n) is 7.14. The molecule has 2 aromatic heterocycles. The molecule has 11 nitrogen and oxygen atoms in total. The smallest absolute Gasteiger partial charge is 0.356 e. The maximum atomic E-state index is 12.6. The predicted octanol–water partition coefficient (Wildman–Crippen LogP) is 2.17. The van der Waals surface area contributed by atoms with Gasteiger partial charge in [-0.05, 0) is 19.8 Å². The number of amides is 1. The summed E-state index contributed by atoms with van der Waals surface area (Å²) in [6.07, 6.45) is 0.876. The van der Waals surface area contributed by atoms with Gasteiger partial charge in [-0.2, -0.15) is 0 Å². The van der Waals surface area contributed by atoms with Gasteiger partial charge in [0, 0.05) is 20.2 Å². The molecule has 3 heterocycles. The normalized spacial score (nSPS) is 19.2. The van der Waals surface area contributed by atoms with Crippen LogP contribution >= 0.6 is 22.9 Å². The minimum absolute atomic E-state index is 0.0749. The van der Waals surface area contributed by atoms with Crippen molar-refractivity contribution >= 4 is 45.7 Å². The highest BCUT2D eigenvalue weighted by atomic mass is 35.5. The zero-order valence-corrected chi connectivity index (χ0v) is 19.7. The Bertz CT molecular complexity index is 1020. The van der Waals surface area contributed by atoms with Crippen molar-refractivity contribution in [2.24, 2.45) is 5.16 Å². The molecular weight excluding hydrogens is 460 g/mol.